The van der Waals surface area contributed by atoms with Gasteiger partial charge in [0.15, 0.2) is 12.6 Å². The number of nitrogens with two attached hydrogens (primary N) is 1. The Balaban J connectivity index is 1.40. The van der Waals surface area contributed by atoms with Gasteiger partial charge in [-0.25, -0.2) is 0 Å². The zero-order valence-electron chi connectivity index (χ0n) is 43.7. The number of likely N-dealkylation sites (N-methyl/N-ethyl adjacent to an activating group) is 2. The van der Waals surface area contributed by atoms with Crippen LogP contribution >= 0.6 is 0 Å². The van der Waals surface area contributed by atoms with Crippen LogP contribution in [0.25, 0.3) is 0 Å². The van der Waals surface area contributed by atoms with Crippen LogP contribution in [0, 0.1) is 17.8 Å². The lowest BCUT2D eigenvalue weighted by Gasteiger charge is -2.49. The number of methoxy groups -OCH3 is 1. The van der Waals surface area contributed by atoms with Crippen LogP contribution in [0.4, 0.5) is 5.69 Å². The Labute approximate surface area is 411 Å². The fraction of sp³-hybridized carbons (Fsp3) is 0.824. The lowest BCUT2D eigenvalue weighted by Crippen LogP contribution is -2.61. The molecule has 394 valence electrons. The number of aryl methyl sites for hydroxylation is 2. The predicted octanol–water partition coefficient (Wildman–Crippen LogP) is 3.71. The van der Waals surface area contributed by atoms with Crippen molar-refractivity contribution < 1.29 is 58.7 Å². The summed E-state index contributed by atoms with van der Waals surface area (Å²) in [7, 11) is 5.31. The summed E-state index contributed by atoms with van der Waals surface area (Å²) in [6, 6.07) is 7.02. The van der Waals surface area contributed by atoms with Crippen molar-refractivity contribution in [1.29, 1.82) is 0 Å². The van der Waals surface area contributed by atoms with E-state index in [1.807, 2.05) is 62.8 Å². The molecule has 0 unspecified atom stereocenters. The van der Waals surface area contributed by atoms with Gasteiger partial charge in [0.2, 0.25) is 0 Å². The number of aliphatic hydroxyl groups excluding tert-OH is 3. The van der Waals surface area contributed by atoms with Crippen molar-refractivity contribution in [3.05, 3.63) is 41.7 Å². The highest BCUT2D eigenvalue weighted by molar-refractivity contribution is 5.73. The molecule has 1 aromatic heterocycles. The monoisotopic (exact) mass is 977 g/mol. The summed E-state index contributed by atoms with van der Waals surface area (Å²) in [6.07, 6.45) is -3.34. The highest BCUT2D eigenvalue weighted by Gasteiger charge is 2.53. The lowest BCUT2D eigenvalue weighted by atomic mass is 9.77. The number of nitrogen functional groups attached to an aromatic ring is 1. The number of anilines is 1. The van der Waals surface area contributed by atoms with Gasteiger partial charge in [0.05, 0.1) is 47.2 Å². The number of benzene rings is 1. The van der Waals surface area contributed by atoms with E-state index in [1.165, 1.54) is 19.6 Å². The average Bonchev–Trinajstić information content (AvgIpc) is 3.76. The molecule has 0 saturated carbocycles. The quantitative estimate of drug-likeness (QED) is 0.0848. The van der Waals surface area contributed by atoms with Crippen molar-refractivity contribution in [1.82, 2.24) is 24.8 Å². The Hall–Kier alpha value is -2.85. The number of aliphatic hydroxyl groups is 5. The van der Waals surface area contributed by atoms with Gasteiger partial charge in [-0.3, -0.25) is 9.48 Å². The normalized spacial score (nSPS) is 40.3. The molecule has 3 saturated heterocycles. The maximum absolute atomic E-state index is 14.5. The third-order valence-electron chi connectivity index (χ3n) is 15.5. The van der Waals surface area contributed by atoms with Crippen molar-refractivity contribution >= 4 is 11.7 Å². The summed E-state index contributed by atoms with van der Waals surface area (Å²) in [4.78, 5) is 18.5. The summed E-state index contributed by atoms with van der Waals surface area (Å²) in [5, 5.41) is 68.4. The van der Waals surface area contributed by atoms with Crippen molar-refractivity contribution in [3.63, 3.8) is 0 Å². The number of esters is 1. The van der Waals surface area contributed by atoms with Crippen molar-refractivity contribution in [2.75, 3.05) is 40.0 Å². The van der Waals surface area contributed by atoms with Gasteiger partial charge in [-0.05, 0) is 125 Å². The topological polar surface area (TPSA) is 237 Å². The fourth-order valence-electron chi connectivity index (χ4n) is 11.0. The van der Waals surface area contributed by atoms with Crippen LogP contribution in [0.2, 0.25) is 0 Å². The molecule has 69 heavy (non-hydrogen) atoms. The molecule has 18 atom stereocenters. The van der Waals surface area contributed by atoms with Crippen molar-refractivity contribution in [2.24, 2.45) is 17.8 Å². The Bertz CT molecular complexity index is 1890. The van der Waals surface area contributed by atoms with Crippen LogP contribution in [0.3, 0.4) is 0 Å². The van der Waals surface area contributed by atoms with E-state index < -0.39 is 96.0 Å². The molecule has 3 aliphatic rings. The Kier molecular flexibility index (Phi) is 20.1. The zero-order chi connectivity index (χ0) is 51.2. The van der Waals surface area contributed by atoms with Gasteiger partial charge in [-0.1, -0.05) is 38.1 Å². The maximum Gasteiger partial charge on any atom is 0.311 e. The molecule has 0 spiro atoms. The van der Waals surface area contributed by atoms with E-state index in [-0.39, 0.29) is 37.3 Å². The highest BCUT2D eigenvalue weighted by Crippen LogP contribution is 2.40. The summed E-state index contributed by atoms with van der Waals surface area (Å²) in [6.45, 7) is 19.4. The van der Waals surface area contributed by atoms with E-state index >= 15 is 0 Å². The fourth-order valence-corrected chi connectivity index (χ4v) is 11.0. The average molecular weight is 977 g/mol. The molecule has 7 N–H and O–H groups in total. The van der Waals surface area contributed by atoms with E-state index in [4.69, 9.17) is 34.2 Å². The van der Waals surface area contributed by atoms with Crippen LogP contribution in [0.1, 0.15) is 119 Å². The molecule has 0 aliphatic carbocycles. The number of rotatable bonds is 15. The van der Waals surface area contributed by atoms with E-state index in [2.05, 4.69) is 27.3 Å². The number of hydrogen-bond acceptors (Lipinski definition) is 17. The minimum Gasteiger partial charge on any atom is -0.459 e. The first kappa shape index (κ1) is 57.1. The standard InChI is InChI=1S/C51H88N6O12/c1-14-40-51(10,63)44(59)34(6)56(12)28-30(2)26-49(8,62)46(32(4)43(33(5)47(61)67-40)68-41-27-50(9,64-13)45(60)35(7)66-41)69-48-42(58)39(25-31(3)65-48)55(11)24-22-38-29-57(54-53-38)23-16-15-17-36-18-20-37(52)21-19-36/h18-21,29-35,39-46,48,58-60,62-63H,14-17,22-28,52H2,1-13H3/t30-,31-,32+,33-,34-,35+,39+,40-,41+,42-,43+,44-,45+,46-,48+,49-,50-,51-/m1/s1. The van der Waals surface area contributed by atoms with Crippen LogP contribution in [0.5, 0.6) is 0 Å². The van der Waals surface area contributed by atoms with Crippen LogP contribution in [-0.4, -0.2) is 181 Å². The Morgan fingerprint density at radius 3 is 2.28 bits per heavy atom. The predicted molar refractivity (Wildman–Crippen MR) is 261 cm³/mol. The maximum atomic E-state index is 14.5. The second-order valence-corrected chi connectivity index (χ2v) is 21.6. The van der Waals surface area contributed by atoms with Crippen LogP contribution < -0.4 is 5.73 Å². The molecular formula is C51H88N6O12. The molecule has 18 heteroatoms. The van der Waals surface area contributed by atoms with Crippen LogP contribution in [-0.2, 0) is 52.6 Å². The number of hydrogen-bond donors (Lipinski definition) is 6. The molecule has 4 heterocycles. The number of aromatic nitrogens is 3. The minimum atomic E-state index is -1.83. The molecule has 0 radical (unpaired) electrons. The molecule has 3 aliphatic heterocycles. The smallest absolute Gasteiger partial charge is 0.311 e. The van der Waals surface area contributed by atoms with Crippen LogP contribution in [0.15, 0.2) is 30.5 Å². The first-order valence-corrected chi connectivity index (χ1v) is 25.3. The third-order valence-corrected chi connectivity index (χ3v) is 15.5. The Morgan fingerprint density at radius 1 is 0.942 bits per heavy atom. The van der Waals surface area contributed by atoms with Gasteiger partial charge < -0.3 is 69.5 Å². The SMILES string of the molecule is CC[C@H]1OC(=O)[C@H](C)[C@@H](O[C@H]2C[C@@](C)(OC)[C@@H](O)[C@H](C)O2)[C@H](C)[C@@H](O[C@@H]2O[C@H](C)C[C@H](N(C)CCc3cn(CCCCc4ccc(N)cc4)nn3)[C@H]2O)[C@](C)(O)C[C@@H](C)CN(C)[C@H](C)[C@@H](O)[C@]1(C)O. The van der Waals surface area contributed by atoms with Crippen molar-refractivity contribution in [2.45, 2.75) is 217 Å². The van der Waals surface area contributed by atoms with E-state index in [0.717, 1.165) is 37.2 Å². The molecule has 0 amide bonds. The molecule has 1 aromatic carbocycles. The lowest BCUT2D eigenvalue weighted by molar-refractivity contribution is -0.318. The molecule has 18 nitrogen and oxygen atoms in total. The van der Waals surface area contributed by atoms with Gasteiger partial charge in [0.25, 0.3) is 0 Å². The number of unbranched alkanes of at least 4 members (excludes halogenated alkanes) is 1. The third kappa shape index (κ3) is 14.2. The second-order valence-electron chi connectivity index (χ2n) is 21.6. The second kappa shape index (κ2) is 24.2. The molecule has 5 rings (SSSR count). The number of carbonyl (C=O) groups is 1. The zero-order valence-corrected chi connectivity index (χ0v) is 43.7. The number of ether oxygens (including phenoxy) is 6. The van der Waals surface area contributed by atoms with Gasteiger partial charge in [-0.2, -0.15) is 0 Å². The molecular weight excluding hydrogens is 889 g/mol. The number of carbonyl (C=O) groups excluding carboxylic acids is 1. The summed E-state index contributed by atoms with van der Waals surface area (Å²) in [5.74, 6) is -2.73. The Morgan fingerprint density at radius 2 is 1.62 bits per heavy atom. The minimum absolute atomic E-state index is 0.110. The summed E-state index contributed by atoms with van der Waals surface area (Å²) >= 11 is 0. The van der Waals surface area contributed by atoms with Gasteiger partial charge in [-0.15, -0.1) is 5.10 Å². The number of nitrogens with zero attached hydrogens (tertiary/aromatic N) is 5. The van der Waals surface area contributed by atoms with E-state index in [0.29, 0.717) is 25.9 Å². The highest BCUT2D eigenvalue weighted by atomic mass is 16.7. The van der Waals surface area contributed by atoms with Gasteiger partial charge in [0, 0.05) is 69.5 Å². The molecule has 3 fully saturated rings. The molecule has 0 bridgehead atoms. The largest absolute Gasteiger partial charge is 0.459 e. The van der Waals surface area contributed by atoms with Gasteiger partial charge in [0.1, 0.15) is 30.0 Å². The summed E-state index contributed by atoms with van der Waals surface area (Å²) in [5.41, 5.74) is 4.19. The van der Waals surface area contributed by atoms with E-state index in [1.54, 1.807) is 41.5 Å². The molecule has 2 aromatic rings. The van der Waals surface area contributed by atoms with Crippen molar-refractivity contribution in [3.8, 4) is 0 Å². The summed E-state index contributed by atoms with van der Waals surface area (Å²) < 4.78 is 40.2. The van der Waals surface area contributed by atoms with E-state index in [9.17, 15) is 30.3 Å². The first-order chi connectivity index (χ1) is 32.3. The number of cyclic esters (lactones) is 1. The first-order valence-electron chi connectivity index (χ1n) is 25.3. The van der Waals surface area contributed by atoms with Gasteiger partial charge >= 0.3 is 5.97 Å².